The van der Waals surface area contributed by atoms with Crippen LogP contribution in [0.3, 0.4) is 0 Å². The monoisotopic (exact) mass is 327 g/mol. The third kappa shape index (κ3) is 3.68. The fourth-order valence-corrected chi connectivity index (χ4v) is 2.33. The highest BCUT2D eigenvalue weighted by molar-refractivity contribution is 6.11. The maximum atomic E-state index is 12.6. The fourth-order valence-electron chi connectivity index (χ4n) is 2.33. The zero-order chi connectivity index (χ0) is 17.7. The van der Waals surface area contributed by atoms with E-state index < -0.39 is 0 Å². The van der Waals surface area contributed by atoms with Gasteiger partial charge >= 0.3 is 0 Å². The van der Waals surface area contributed by atoms with E-state index in [9.17, 15) is 4.79 Å². The van der Waals surface area contributed by atoms with Gasteiger partial charge < -0.3 is 19.9 Å². The van der Waals surface area contributed by atoms with Gasteiger partial charge in [0.2, 0.25) is 0 Å². The second-order valence-electron chi connectivity index (χ2n) is 5.22. The number of nitrogens with two attached hydrogens (primary N) is 1. The Morgan fingerprint density at radius 1 is 0.958 bits per heavy atom. The van der Waals surface area contributed by atoms with Gasteiger partial charge in [0.25, 0.3) is 0 Å². The van der Waals surface area contributed by atoms with Crippen LogP contribution in [-0.4, -0.2) is 27.1 Å². The number of nitrogen functional groups attached to an aromatic ring is 1. The van der Waals surface area contributed by atoms with Crippen molar-refractivity contribution in [2.45, 2.75) is 6.92 Å². The average molecular weight is 327 g/mol. The summed E-state index contributed by atoms with van der Waals surface area (Å²) < 4.78 is 15.7. The molecule has 126 valence electrons. The summed E-state index contributed by atoms with van der Waals surface area (Å²) in [5, 5.41) is 0. The second-order valence-corrected chi connectivity index (χ2v) is 5.22. The van der Waals surface area contributed by atoms with Gasteiger partial charge in [-0.05, 0) is 55.0 Å². The number of ketones is 1. The number of carbonyl (C=O) groups is 1. The summed E-state index contributed by atoms with van der Waals surface area (Å²) in [5.74, 6) is 1.72. The van der Waals surface area contributed by atoms with Crippen LogP contribution in [0.1, 0.15) is 22.8 Å². The van der Waals surface area contributed by atoms with Crippen molar-refractivity contribution in [2.24, 2.45) is 0 Å². The highest BCUT2D eigenvalue weighted by Crippen LogP contribution is 2.28. The van der Waals surface area contributed by atoms with Gasteiger partial charge in [0.1, 0.15) is 17.2 Å². The van der Waals surface area contributed by atoms with Crippen molar-refractivity contribution in [3.8, 4) is 17.2 Å². The van der Waals surface area contributed by atoms with E-state index in [1.54, 1.807) is 57.6 Å². The SMILES string of the molecule is COc1ccc(OC)c(/C=C(\C)C(=O)c2ccc(N)c(OC)c2)c1. The summed E-state index contributed by atoms with van der Waals surface area (Å²) in [6.07, 6.45) is 1.77. The van der Waals surface area contributed by atoms with Gasteiger partial charge in [0.05, 0.1) is 27.0 Å². The van der Waals surface area contributed by atoms with Crippen LogP contribution in [0.4, 0.5) is 5.69 Å². The Hall–Kier alpha value is -2.95. The van der Waals surface area contributed by atoms with Crippen LogP contribution in [0.5, 0.6) is 17.2 Å². The van der Waals surface area contributed by atoms with E-state index in [1.807, 2.05) is 6.07 Å². The number of hydrogen-bond acceptors (Lipinski definition) is 5. The number of carbonyl (C=O) groups excluding carboxylic acids is 1. The number of allylic oxidation sites excluding steroid dienone is 1. The molecule has 0 radical (unpaired) electrons. The van der Waals surface area contributed by atoms with Crippen LogP contribution in [0, 0.1) is 0 Å². The van der Waals surface area contributed by atoms with E-state index in [-0.39, 0.29) is 5.78 Å². The van der Waals surface area contributed by atoms with Crippen LogP contribution < -0.4 is 19.9 Å². The number of methoxy groups -OCH3 is 3. The molecule has 0 aliphatic rings. The molecule has 0 atom stereocenters. The van der Waals surface area contributed by atoms with Crippen LogP contribution in [0.15, 0.2) is 42.0 Å². The predicted octanol–water partition coefficient (Wildman–Crippen LogP) is 3.58. The fraction of sp³-hybridized carbons (Fsp3) is 0.211. The van der Waals surface area contributed by atoms with Crippen LogP contribution >= 0.6 is 0 Å². The smallest absolute Gasteiger partial charge is 0.188 e. The second kappa shape index (κ2) is 7.55. The van der Waals surface area contributed by atoms with Gasteiger partial charge in [0.15, 0.2) is 5.78 Å². The van der Waals surface area contributed by atoms with E-state index in [0.29, 0.717) is 34.1 Å². The van der Waals surface area contributed by atoms with Gasteiger partial charge in [-0.1, -0.05) is 0 Å². The van der Waals surface area contributed by atoms with Gasteiger partial charge in [-0.3, -0.25) is 4.79 Å². The summed E-state index contributed by atoms with van der Waals surface area (Å²) in [7, 11) is 4.69. The highest BCUT2D eigenvalue weighted by atomic mass is 16.5. The van der Waals surface area contributed by atoms with E-state index in [1.165, 1.54) is 7.11 Å². The quantitative estimate of drug-likeness (QED) is 0.499. The Kier molecular flexibility index (Phi) is 5.47. The number of ether oxygens (including phenoxy) is 3. The zero-order valence-electron chi connectivity index (χ0n) is 14.3. The molecule has 0 aliphatic heterocycles. The maximum absolute atomic E-state index is 12.6. The maximum Gasteiger partial charge on any atom is 0.188 e. The lowest BCUT2D eigenvalue weighted by Crippen LogP contribution is -2.03. The van der Waals surface area contributed by atoms with E-state index in [0.717, 1.165) is 5.56 Å². The lowest BCUT2D eigenvalue weighted by atomic mass is 10.0. The molecule has 0 unspecified atom stereocenters. The van der Waals surface area contributed by atoms with Crippen LogP contribution in [0.25, 0.3) is 6.08 Å². The Balaban J connectivity index is 2.38. The number of hydrogen-bond donors (Lipinski definition) is 1. The summed E-state index contributed by atoms with van der Waals surface area (Å²) in [6, 6.07) is 10.4. The molecule has 5 nitrogen and oxygen atoms in total. The molecule has 0 saturated carbocycles. The Bertz CT molecular complexity index is 781. The molecule has 2 aromatic carbocycles. The van der Waals surface area contributed by atoms with Gasteiger partial charge in [-0.15, -0.1) is 0 Å². The number of benzene rings is 2. The summed E-state index contributed by atoms with van der Waals surface area (Å²) >= 11 is 0. The Morgan fingerprint density at radius 3 is 2.29 bits per heavy atom. The number of rotatable bonds is 6. The van der Waals surface area contributed by atoms with Gasteiger partial charge in [-0.2, -0.15) is 0 Å². The molecule has 0 fully saturated rings. The molecule has 2 aromatic rings. The van der Waals surface area contributed by atoms with Crippen molar-refractivity contribution in [1.82, 2.24) is 0 Å². The summed E-state index contributed by atoms with van der Waals surface area (Å²) in [5.41, 5.74) is 8.12. The van der Waals surface area contributed by atoms with Crippen molar-refractivity contribution >= 4 is 17.5 Å². The van der Waals surface area contributed by atoms with Crippen LogP contribution in [0.2, 0.25) is 0 Å². The van der Waals surface area contributed by atoms with Gasteiger partial charge in [-0.25, -0.2) is 0 Å². The molecule has 0 bridgehead atoms. The van der Waals surface area contributed by atoms with Crippen molar-refractivity contribution in [1.29, 1.82) is 0 Å². The first-order valence-corrected chi connectivity index (χ1v) is 7.38. The first-order valence-electron chi connectivity index (χ1n) is 7.38. The average Bonchev–Trinajstić information content (AvgIpc) is 2.61. The molecule has 0 heterocycles. The molecule has 0 spiro atoms. The number of anilines is 1. The molecular weight excluding hydrogens is 306 g/mol. The standard InChI is InChI=1S/C19H21NO4/c1-12(9-14-10-15(22-2)6-8-17(14)23-3)19(21)13-5-7-16(20)18(11-13)24-4/h5-11H,20H2,1-4H3/b12-9+. The molecule has 5 heteroatoms. The minimum atomic E-state index is -0.113. The van der Waals surface area contributed by atoms with E-state index in [4.69, 9.17) is 19.9 Å². The lowest BCUT2D eigenvalue weighted by Gasteiger charge is -2.09. The number of Topliss-reactive ketones (excluding diaryl/α,β-unsaturated/α-hetero) is 1. The Morgan fingerprint density at radius 2 is 1.67 bits per heavy atom. The Labute approximate surface area is 141 Å². The molecule has 0 saturated heterocycles. The molecule has 2 N–H and O–H groups in total. The largest absolute Gasteiger partial charge is 0.497 e. The molecule has 0 amide bonds. The van der Waals surface area contributed by atoms with Crippen molar-refractivity contribution in [3.63, 3.8) is 0 Å². The first kappa shape index (κ1) is 17.4. The molecule has 0 aliphatic carbocycles. The lowest BCUT2D eigenvalue weighted by molar-refractivity contribution is 0.103. The van der Waals surface area contributed by atoms with Crippen molar-refractivity contribution in [3.05, 3.63) is 53.1 Å². The summed E-state index contributed by atoms with van der Waals surface area (Å²) in [4.78, 5) is 12.6. The van der Waals surface area contributed by atoms with E-state index in [2.05, 4.69) is 0 Å². The molecule has 24 heavy (non-hydrogen) atoms. The topological polar surface area (TPSA) is 70.8 Å². The predicted molar refractivity (Wildman–Crippen MR) is 94.9 cm³/mol. The normalized spacial score (nSPS) is 11.1. The van der Waals surface area contributed by atoms with Crippen LogP contribution in [-0.2, 0) is 0 Å². The molecule has 2 rings (SSSR count). The van der Waals surface area contributed by atoms with E-state index >= 15 is 0 Å². The third-order valence-corrected chi connectivity index (χ3v) is 3.66. The highest BCUT2D eigenvalue weighted by Gasteiger charge is 2.12. The zero-order valence-corrected chi connectivity index (χ0v) is 14.3. The third-order valence-electron chi connectivity index (χ3n) is 3.66. The van der Waals surface area contributed by atoms with Crippen molar-refractivity contribution in [2.75, 3.05) is 27.1 Å². The minimum absolute atomic E-state index is 0.113. The molecular formula is C19H21NO4. The molecule has 0 aromatic heterocycles. The van der Waals surface area contributed by atoms with Gasteiger partial charge in [0, 0.05) is 11.1 Å². The minimum Gasteiger partial charge on any atom is -0.497 e. The summed E-state index contributed by atoms with van der Waals surface area (Å²) in [6.45, 7) is 1.75. The van der Waals surface area contributed by atoms with Crippen molar-refractivity contribution < 1.29 is 19.0 Å². The first-order chi connectivity index (χ1) is 11.5.